The number of methoxy groups -OCH3 is 1. The Balaban J connectivity index is 1.52. The molecule has 1 saturated heterocycles. The molecule has 1 aromatic heterocycles. The summed E-state index contributed by atoms with van der Waals surface area (Å²) in [6.07, 6.45) is 1.93. The van der Waals surface area contributed by atoms with E-state index in [1.165, 1.54) is 5.39 Å². The van der Waals surface area contributed by atoms with Crippen molar-refractivity contribution >= 4 is 16.9 Å². The molecule has 1 aliphatic rings. The van der Waals surface area contributed by atoms with Crippen LogP contribution in [0.1, 0.15) is 18.5 Å². The van der Waals surface area contributed by atoms with Crippen LogP contribution in [0, 0.1) is 0 Å². The van der Waals surface area contributed by atoms with Crippen molar-refractivity contribution in [3.8, 4) is 0 Å². The first-order chi connectivity index (χ1) is 11.7. The Labute approximate surface area is 142 Å². The molecule has 1 fully saturated rings. The molecule has 0 saturated carbocycles. The fourth-order valence-electron chi connectivity index (χ4n) is 3.10. The molecule has 1 unspecified atom stereocenters. The van der Waals surface area contributed by atoms with Gasteiger partial charge in [-0.2, -0.15) is 0 Å². The van der Waals surface area contributed by atoms with E-state index in [4.69, 9.17) is 4.74 Å². The van der Waals surface area contributed by atoms with Gasteiger partial charge in [-0.1, -0.05) is 6.07 Å². The summed E-state index contributed by atoms with van der Waals surface area (Å²) in [5.74, 6) is 0. The molecule has 2 amide bonds. The average Bonchev–Trinajstić information content (AvgIpc) is 3.08. The van der Waals surface area contributed by atoms with Gasteiger partial charge in [0, 0.05) is 51.5 Å². The van der Waals surface area contributed by atoms with Crippen molar-refractivity contribution in [2.75, 3.05) is 46.4 Å². The van der Waals surface area contributed by atoms with Crippen molar-refractivity contribution in [3.05, 3.63) is 36.0 Å². The van der Waals surface area contributed by atoms with Crippen LogP contribution in [-0.4, -0.2) is 67.3 Å². The number of piperazine rings is 1. The highest BCUT2D eigenvalue weighted by atomic mass is 16.5. The standard InChI is InChI=1S/C18H26N4O2/c1-14(15-3-4-17-16(13-15)5-6-19-17)20-18(23)22-9-7-21(8-10-22)11-12-24-2/h3-6,13-14,19H,7-12H2,1-2H3,(H,20,23). The number of carbonyl (C=O) groups excluding carboxylic acids is 1. The van der Waals surface area contributed by atoms with Crippen LogP contribution in [0.15, 0.2) is 30.5 Å². The number of rotatable bonds is 5. The Hall–Kier alpha value is -2.05. The fraction of sp³-hybridized carbons (Fsp3) is 0.500. The van der Waals surface area contributed by atoms with Crippen LogP contribution in [0.25, 0.3) is 10.9 Å². The number of fused-ring (bicyclic) bond motifs is 1. The molecular formula is C18H26N4O2. The van der Waals surface area contributed by atoms with E-state index in [1.807, 2.05) is 24.1 Å². The number of ether oxygens (including phenoxy) is 1. The molecule has 6 nitrogen and oxygen atoms in total. The van der Waals surface area contributed by atoms with E-state index in [9.17, 15) is 4.79 Å². The van der Waals surface area contributed by atoms with Gasteiger partial charge in [-0.3, -0.25) is 4.90 Å². The lowest BCUT2D eigenvalue weighted by Crippen LogP contribution is -2.52. The van der Waals surface area contributed by atoms with Crippen molar-refractivity contribution in [2.24, 2.45) is 0 Å². The predicted octanol–water partition coefficient (Wildman–Crippen LogP) is 2.20. The Kier molecular flexibility index (Phi) is 5.37. The van der Waals surface area contributed by atoms with Gasteiger partial charge in [0.15, 0.2) is 0 Å². The van der Waals surface area contributed by atoms with E-state index in [1.54, 1.807) is 7.11 Å². The summed E-state index contributed by atoms with van der Waals surface area (Å²) in [7, 11) is 1.72. The molecule has 1 atom stereocenters. The van der Waals surface area contributed by atoms with Gasteiger partial charge in [0.25, 0.3) is 0 Å². The number of hydrogen-bond donors (Lipinski definition) is 2. The lowest BCUT2D eigenvalue weighted by Gasteiger charge is -2.35. The lowest BCUT2D eigenvalue weighted by molar-refractivity contribution is 0.105. The van der Waals surface area contributed by atoms with E-state index in [0.29, 0.717) is 0 Å². The third-order valence-electron chi connectivity index (χ3n) is 4.69. The number of H-pyrrole nitrogens is 1. The van der Waals surface area contributed by atoms with Crippen molar-refractivity contribution < 1.29 is 9.53 Å². The van der Waals surface area contributed by atoms with Crippen molar-refractivity contribution in [1.82, 2.24) is 20.1 Å². The maximum absolute atomic E-state index is 12.5. The first-order valence-corrected chi connectivity index (χ1v) is 8.51. The summed E-state index contributed by atoms with van der Waals surface area (Å²) in [5, 5.41) is 4.28. The normalized spacial score (nSPS) is 17.2. The van der Waals surface area contributed by atoms with Gasteiger partial charge in [0.1, 0.15) is 0 Å². The second-order valence-electron chi connectivity index (χ2n) is 6.32. The zero-order chi connectivity index (χ0) is 16.9. The maximum atomic E-state index is 12.5. The highest BCUT2D eigenvalue weighted by Crippen LogP contribution is 2.19. The summed E-state index contributed by atoms with van der Waals surface area (Å²) in [4.78, 5) is 19.9. The van der Waals surface area contributed by atoms with Crippen LogP contribution in [0.2, 0.25) is 0 Å². The molecule has 130 valence electrons. The minimum absolute atomic E-state index is 0.0108. The number of nitrogens with one attached hydrogen (secondary N) is 2. The minimum Gasteiger partial charge on any atom is -0.383 e. The Morgan fingerprint density at radius 1 is 1.29 bits per heavy atom. The summed E-state index contributed by atoms with van der Waals surface area (Å²) >= 11 is 0. The summed E-state index contributed by atoms with van der Waals surface area (Å²) in [6.45, 7) is 7.03. The second-order valence-corrected chi connectivity index (χ2v) is 6.32. The Morgan fingerprint density at radius 2 is 2.08 bits per heavy atom. The Bertz CT molecular complexity index is 676. The molecule has 3 rings (SSSR count). The third-order valence-corrected chi connectivity index (χ3v) is 4.69. The summed E-state index contributed by atoms with van der Waals surface area (Å²) in [6, 6.07) is 8.30. The van der Waals surface area contributed by atoms with Crippen LogP contribution >= 0.6 is 0 Å². The third kappa shape index (κ3) is 3.88. The lowest BCUT2D eigenvalue weighted by atomic mass is 10.1. The number of urea groups is 1. The molecular weight excluding hydrogens is 304 g/mol. The number of aromatic nitrogens is 1. The Morgan fingerprint density at radius 3 is 2.83 bits per heavy atom. The first kappa shape index (κ1) is 16.8. The second kappa shape index (κ2) is 7.68. The average molecular weight is 330 g/mol. The molecule has 24 heavy (non-hydrogen) atoms. The molecule has 6 heteroatoms. The zero-order valence-electron chi connectivity index (χ0n) is 14.4. The summed E-state index contributed by atoms with van der Waals surface area (Å²) in [5.41, 5.74) is 2.23. The largest absolute Gasteiger partial charge is 0.383 e. The van der Waals surface area contributed by atoms with Gasteiger partial charge < -0.3 is 19.9 Å². The predicted molar refractivity (Wildman–Crippen MR) is 95.1 cm³/mol. The van der Waals surface area contributed by atoms with E-state index < -0.39 is 0 Å². The van der Waals surface area contributed by atoms with E-state index in [-0.39, 0.29) is 12.1 Å². The number of amides is 2. The van der Waals surface area contributed by atoms with E-state index in [0.717, 1.165) is 50.4 Å². The van der Waals surface area contributed by atoms with Gasteiger partial charge >= 0.3 is 6.03 Å². The van der Waals surface area contributed by atoms with Crippen LogP contribution in [0.4, 0.5) is 4.79 Å². The van der Waals surface area contributed by atoms with Crippen LogP contribution in [0.5, 0.6) is 0 Å². The SMILES string of the molecule is COCCN1CCN(C(=O)NC(C)c2ccc3[nH]ccc3c2)CC1. The number of benzene rings is 1. The molecule has 0 radical (unpaired) electrons. The molecule has 1 aliphatic heterocycles. The molecule has 2 N–H and O–H groups in total. The van der Waals surface area contributed by atoms with Crippen LogP contribution in [-0.2, 0) is 4.74 Å². The van der Waals surface area contributed by atoms with Gasteiger partial charge in [0.05, 0.1) is 12.6 Å². The van der Waals surface area contributed by atoms with Crippen LogP contribution < -0.4 is 5.32 Å². The van der Waals surface area contributed by atoms with Gasteiger partial charge in [0.2, 0.25) is 0 Å². The minimum atomic E-state index is -0.0108. The first-order valence-electron chi connectivity index (χ1n) is 8.51. The van der Waals surface area contributed by atoms with Gasteiger partial charge in [-0.25, -0.2) is 4.79 Å². The van der Waals surface area contributed by atoms with Crippen LogP contribution in [0.3, 0.4) is 0 Å². The number of nitrogens with zero attached hydrogens (tertiary/aromatic N) is 2. The molecule has 1 aromatic carbocycles. The maximum Gasteiger partial charge on any atom is 0.317 e. The van der Waals surface area contributed by atoms with Crippen molar-refractivity contribution in [1.29, 1.82) is 0 Å². The molecule has 0 aliphatic carbocycles. The van der Waals surface area contributed by atoms with Crippen molar-refractivity contribution in [3.63, 3.8) is 0 Å². The molecule has 0 spiro atoms. The highest BCUT2D eigenvalue weighted by Gasteiger charge is 2.22. The highest BCUT2D eigenvalue weighted by molar-refractivity contribution is 5.80. The number of carbonyl (C=O) groups is 1. The quantitative estimate of drug-likeness (QED) is 0.883. The monoisotopic (exact) mass is 330 g/mol. The van der Waals surface area contributed by atoms with Gasteiger partial charge in [-0.15, -0.1) is 0 Å². The molecule has 2 aromatic rings. The zero-order valence-corrected chi connectivity index (χ0v) is 14.4. The van der Waals surface area contributed by atoms with Crippen molar-refractivity contribution in [2.45, 2.75) is 13.0 Å². The topological polar surface area (TPSA) is 60.6 Å². The molecule has 0 bridgehead atoms. The smallest absolute Gasteiger partial charge is 0.317 e. The fourth-order valence-corrected chi connectivity index (χ4v) is 3.10. The van der Waals surface area contributed by atoms with Gasteiger partial charge in [-0.05, 0) is 36.1 Å². The van der Waals surface area contributed by atoms with E-state index >= 15 is 0 Å². The molecule has 2 heterocycles. The number of aromatic amines is 1. The van der Waals surface area contributed by atoms with E-state index in [2.05, 4.69) is 33.4 Å². The number of hydrogen-bond acceptors (Lipinski definition) is 3. The summed E-state index contributed by atoms with van der Waals surface area (Å²) < 4.78 is 5.11.